The highest BCUT2D eigenvalue weighted by atomic mass is 15.1. The molecule has 17 heavy (non-hydrogen) atoms. The number of aromatic amines is 1. The first kappa shape index (κ1) is 10.5. The fourth-order valence-electron chi connectivity index (χ4n) is 2.52. The molecule has 0 saturated heterocycles. The van der Waals surface area contributed by atoms with Crippen molar-refractivity contribution < 1.29 is 0 Å². The summed E-state index contributed by atoms with van der Waals surface area (Å²) < 4.78 is 0. The van der Waals surface area contributed by atoms with Gasteiger partial charge in [0.2, 0.25) is 0 Å². The molecular formula is C14H17N3. The molecule has 2 atom stereocenters. The van der Waals surface area contributed by atoms with Gasteiger partial charge in [0.15, 0.2) is 0 Å². The van der Waals surface area contributed by atoms with Gasteiger partial charge in [-0.15, -0.1) is 0 Å². The Balaban J connectivity index is 1.90. The number of benzene rings is 1. The number of nitrogens with zero attached hydrogens (tertiary/aromatic N) is 1. The van der Waals surface area contributed by atoms with Crippen LogP contribution in [0.1, 0.15) is 25.5 Å². The summed E-state index contributed by atoms with van der Waals surface area (Å²) in [6.07, 6.45) is 0. The third kappa shape index (κ3) is 1.58. The minimum atomic E-state index is 0.195. The van der Waals surface area contributed by atoms with E-state index in [1.54, 1.807) is 0 Å². The van der Waals surface area contributed by atoms with Crippen molar-refractivity contribution in [1.82, 2.24) is 10.2 Å². The van der Waals surface area contributed by atoms with Gasteiger partial charge in [0.25, 0.3) is 0 Å². The normalized spacial score (nSPS) is 25.8. The van der Waals surface area contributed by atoms with Gasteiger partial charge in [-0.05, 0) is 11.5 Å². The van der Waals surface area contributed by atoms with Crippen LogP contribution in [0, 0.1) is 5.41 Å². The van der Waals surface area contributed by atoms with E-state index in [1.807, 2.05) is 18.2 Å². The second-order valence-corrected chi connectivity index (χ2v) is 5.40. The van der Waals surface area contributed by atoms with Crippen molar-refractivity contribution in [3.8, 4) is 11.3 Å². The summed E-state index contributed by atoms with van der Waals surface area (Å²) in [5, 5.41) is 7.49. The summed E-state index contributed by atoms with van der Waals surface area (Å²) in [7, 11) is 0. The molecule has 1 fully saturated rings. The van der Waals surface area contributed by atoms with Crippen molar-refractivity contribution in [2.24, 2.45) is 11.1 Å². The molecule has 0 radical (unpaired) electrons. The van der Waals surface area contributed by atoms with Gasteiger partial charge in [0.1, 0.15) is 0 Å². The highest BCUT2D eigenvalue weighted by molar-refractivity contribution is 5.59. The molecule has 0 aliphatic heterocycles. The lowest BCUT2D eigenvalue weighted by Crippen LogP contribution is -2.06. The number of aromatic nitrogens is 2. The van der Waals surface area contributed by atoms with Gasteiger partial charge in [0.05, 0.1) is 5.69 Å². The predicted octanol–water partition coefficient (Wildman–Crippen LogP) is 2.53. The lowest BCUT2D eigenvalue weighted by Gasteiger charge is -1.97. The molecule has 1 aromatic carbocycles. The van der Waals surface area contributed by atoms with Gasteiger partial charge < -0.3 is 5.73 Å². The fourth-order valence-corrected chi connectivity index (χ4v) is 2.52. The van der Waals surface area contributed by atoms with Crippen LogP contribution < -0.4 is 5.73 Å². The van der Waals surface area contributed by atoms with Crippen LogP contribution in [0.25, 0.3) is 11.3 Å². The first-order chi connectivity index (χ1) is 8.10. The van der Waals surface area contributed by atoms with E-state index < -0.39 is 0 Å². The van der Waals surface area contributed by atoms with Crippen molar-refractivity contribution in [3.05, 3.63) is 42.1 Å². The van der Waals surface area contributed by atoms with Crippen molar-refractivity contribution in [3.63, 3.8) is 0 Å². The Morgan fingerprint density at radius 3 is 2.47 bits per heavy atom. The van der Waals surface area contributed by atoms with E-state index in [0.717, 1.165) is 17.0 Å². The van der Waals surface area contributed by atoms with Gasteiger partial charge >= 0.3 is 0 Å². The van der Waals surface area contributed by atoms with Crippen LogP contribution in [-0.4, -0.2) is 16.2 Å². The molecular weight excluding hydrogens is 210 g/mol. The van der Waals surface area contributed by atoms with E-state index in [-0.39, 0.29) is 11.5 Å². The van der Waals surface area contributed by atoms with E-state index in [1.165, 1.54) is 0 Å². The number of rotatable bonds is 2. The van der Waals surface area contributed by atoms with Crippen LogP contribution in [0.4, 0.5) is 0 Å². The lowest BCUT2D eigenvalue weighted by molar-refractivity contribution is 0.595. The Morgan fingerprint density at radius 1 is 1.24 bits per heavy atom. The molecule has 1 heterocycles. The van der Waals surface area contributed by atoms with Gasteiger partial charge in [-0.2, -0.15) is 5.10 Å². The van der Waals surface area contributed by atoms with E-state index >= 15 is 0 Å². The van der Waals surface area contributed by atoms with Crippen LogP contribution in [0.3, 0.4) is 0 Å². The fraction of sp³-hybridized carbons (Fsp3) is 0.357. The van der Waals surface area contributed by atoms with Crippen LogP contribution in [0.2, 0.25) is 0 Å². The zero-order valence-corrected chi connectivity index (χ0v) is 10.1. The average molecular weight is 227 g/mol. The number of hydrogen-bond acceptors (Lipinski definition) is 2. The van der Waals surface area contributed by atoms with Crippen molar-refractivity contribution in [2.45, 2.75) is 25.8 Å². The molecule has 3 heteroatoms. The molecule has 0 spiro atoms. The monoisotopic (exact) mass is 227 g/mol. The molecule has 1 aliphatic rings. The van der Waals surface area contributed by atoms with Crippen LogP contribution in [0.15, 0.2) is 36.4 Å². The van der Waals surface area contributed by atoms with Gasteiger partial charge in [-0.3, -0.25) is 5.10 Å². The summed E-state index contributed by atoms with van der Waals surface area (Å²) >= 11 is 0. The quantitative estimate of drug-likeness (QED) is 0.828. The van der Waals surface area contributed by atoms with Crippen LogP contribution in [0.5, 0.6) is 0 Å². The maximum absolute atomic E-state index is 6.08. The van der Waals surface area contributed by atoms with Crippen molar-refractivity contribution in [2.75, 3.05) is 0 Å². The molecule has 1 aliphatic carbocycles. The van der Waals surface area contributed by atoms with Crippen molar-refractivity contribution >= 4 is 0 Å². The summed E-state index contributed by atoms with van der Waals surface area (Å²) in [6, 6.07) is 12.6. The number of nitrogens with one attached hydrogen (secondary N) is 1. The Bertz CT molecular complexity index is 527. The van der Waals surface area contributed by atoms with Crippen LogP contribution >= 0.6 is 0 Å². The molecule has 3 N–H and O–H groups in total. The smallest absolute Gasteiger partial charge is 0.0923 e. The minimum absolute atomic E-state index is 0.195. The SMILES string of the molecule is CC1(C)[C@@H](N)[C@@H]1c1cc(-c2ccccc2)n[nH]1. The lowest BCUT2D eigenvalue weighted by atomic mass is 10.1. The second kappa shape index (κ2) is 3.44. The Morgan fingerprint density at radius 2 is 1.88 bits per heavy atom. The van der Waals surface area contributed by atoms with Crippen LogP contribution in [-0.2, 0) is 0 Å². The highest BCUT2D eigenvalue weighted by Crippen LogP contribution is 2.56. The molecule has 88 valence electrons. The Hall–Kier alpha value is -1.61. The Labute approximate surface area is 101 Å². The third-order valence-corrected chi connectivity index (χ3v) is 3.91. The number of H-pyrrole nitrogens is 1. The van der Waals surface area contributed by atoms with Gasteiger partial charge in [-0.1, -0.05) is 44.2 Å². The highest BCUT2D eigenvalue weighted by Gasteiger charge is 2.57. The topological polar surface area (TPSA) is 54.7 Å². The van der Waals surface area contributed by atoms with Gasteiger partial charge in [0, 0.05) is 23.2 Å². The molecule has 0 bridgehead atoms. The third-order valence-electron chi connectivity index (χ3n) is 3.91. The standard InChI is InChI=1S/C14H17N3/c1-14(2)12(13(14)15)11-8-10(16-17-11)9-6-4-3-5-7-9/h3-8,12-13H,15H2,1-2H3,(H,16,17)/t12-,13-/m0/s1. The molecule has 1 aromatic heterocycles. The number of nitrogens with two attached hydrogens (primary N) is 1. The minimum Gasteiger partial charge on any atom is -0.327 e. The zero-order chi connectivity index (χ0) is 12.0. The molecule has 1 saturated carbocycles. The van der Waals surface area contributed by atoms with Gasteiger partial charge in [-0.25, -0.2) is 0 Å². The molecule has 2 aromatic rings. The Kier molecular flexibility index (Phi) is 2.13. The molecule has 0 unspecified atom stereocenters. The largest absolute Gasteiger partial charge is 0.327 e. The second-order valence-electron chi connectivity index (χ2n) is 5.40. The summed E-state index contributed by atoms with van der Waals surface area (Å²) in [5.41, 5.74) is 9.56. The molecule has 0 amide bonds. The van der Waals surface area contributed by atoms with E-state index in [2.05, 4.69) is 42.2 Å². The number of hydrogen-bond donors (Lipinski definition) is 2. The first-order valence-corrected chi connectivity index (χ1v) is 5.97. The predicted molar refractivity (Wildman–Crippen MR) is 68.5 cm³/mol. The maximum atomic E-state index is 6.08. The van der Waals surface area contributed by atoms with E-state index in [9.17, 15) is 0 Å². The summed E-state index contributed by atoms with van der Waals surface area (Å²) in [4.78, 5) is 0. The molecule has 3 nitrogen and oxygen atoms in total. The zero-order valence-electron chi connectivity index (χ0n) is 10.1. The van der Waals surface area contributed by atoms with E-state index in [0.29, 0.717) is 5.92 Å². The summed E-state index contributed by atoms with van der Waals surface area (Å²) in [5.74, 6) is 0.410. The van der Waals surface area contributed by atoms with Crippen molar-refractivity contribution in [1.29, 1.82) is 0 Å². The summed E-state index contributed by atoms with van der Waals surface area (Å²) in [6.45, 7) is 4.40. The molecule has 3 rings (SSSR count). The average Bonchev–Trinajstić information content (AvgIpc) is 2.72. The first-order valence-electron chi connectivity index (χ1n) is 5.97. The maximum Gasteiger partial charge on any atom is 0.0923 e. The van der Waals surface area contributed by atoms with E-state index in [4.69, 9.17) is 5.73 Å².